The molecule has 0 fully saturated rings. The summed E-state index contributed by atoms with van der Waals surface area (Å²) >= 11 is 0. The van der Waals surface area contributed by atoms with Crippen LogP contribution in [0.3, 0.4) is 0 Å². The summed E-state index contributed by atoms with van der Waals surface area (Å²) < 4.78 is 5.44. The van der Waals surface area contributed by atoms with Crippen LogP contribution in [0.2, 0.25) is 0 Å². The molecule has 22 heavy (non-hydrogen) atoms. The first kappa shape index (κ1) is 14.4. The molecule has 0 bridgehead atoms. The fourth-order valence-corrected chi connectivity index (χ4v) is 2.82. The molecule has 0 saturated heterocycles. The van der Waals surface area contributed by atoms with Crippen molar-refractivity contribution in [2.75, 3.05) is 5.32 Å². The third kappa shape index (κ3) is 3.03. The minimum Gasteiger partial charge on any atom is -0.469 e. The number of carbonyl (C=O) groups excluding carboxylic acids is 2. The molecule has 3 rings (SSSR count). The third-order valence-electron chi connectivity index (χ3n) is 3.80. The topological polar surface area (TPSA) is 71.3 Å². The standard InChI is InChI=1S/C17H18N2O3/c1-11(20)18-13-5-2-4-12(10-13)17(21)19-15-6-3-7-16-14(15)8-9-22-16/h2,4-5,8-10,15H,3,6-7H2,1H3,(H,18,20)(H,19,21). The zero-order valence-electron chi connectivity index (χ0n) is 12.4. The summed E-state index contributed by atoms with van der Waals surface area (Å²) in [6.07, 6.45) is 4.50. The van der Waals surface area contributed by atoms with Crippen LogP contribution in [0.1, 0.15) is 47.5 Å². The Balaban J connectivity index is 1.74. The van der Waals surface area contributed by atoms with E-state index in [9.17, 15) is 9.59 Å². The molecule has 0 aliphatic heterocycles. The maximum absolute atomic E-state index is 12.4. The number of hydrogen-bond donors (Lipinski definition) is 2. The predicted molar refractivity (Wildman–Crippen MR) is 82.6 cm³/mol. The predicted octanol–water partition coefficient (Wildman–Crippen LogP) is 3.05. The van der Waals surface area contributed by atoms with Crippen LogP contribution < -0.4 is 10.6 Å². The molecule has 2 N–H and O–H groups in total. The van der Waals surface area contributed by atoms with Crippen molar-refractivity contribution in [3.8, 4) is 0 Å². The maximum Gasteiger partial charge on any atom is 0.251 e. The van der Waals surface area contributed by atoms with Gasteiger partial charge >= 0.3 is 0 Å². The molecule has 1 atom stereocenters. The molecule has 114 valence electrons. The smallest absolute Gasteiger partial charge is 0.251 e. The zero-order valence-corrected chi connectivity index (χ0v) is 12.4. The lowest BCUT2D eigenvalue weighted by atomic mass is 9.93. The molecule has 5 heteroatoms. The molecule has 2 amide bonds. The van der Waals surface area contributed by atoms with E-state index in [-0.39, 0.29) is 17.9 Å². The van der Waals surface area contributed by atoms with E-state index in [0.717, 1.165) is 30.6 Å². The summed E-state index contributed by atoms with van der Waals surface area (Å²) in [6, 6.07) is 8.83. The second-order valence-corrected chi connectivity index (χ2v) is 5.48. The molecular weight excluding hydrogens is 280 g/mol. The molecule has 5 nitrogen and oxygen atoms in total. The highest BCUT2D eigenvalue weighted by Gasteiger charge is 2.24. The van der Waals surface area contributed by atoms with Gasteiger partial charge in [0.15, 0.2) is 0 Å². The SMILES string of the molecule is CC(=O)Nc1cccc(C(=O)NC2CCCc3occc32)c1. The minimum absolute atomic E-state index is 0.0144. The van der Waals surface area contributed by atoms with Crippen LogP contribution in [0.5, 0.6) is 0 Å². The monoisotopic (exact) mass is 298 g/mol. The summed E-state index contributed by atoms with van der Waals surface area (Å²) in [5, 5.41) is 5.73. The Kier molecular flexibility index (Phi) is 3.96. The van der Waals surface area contributed by atoms with E-state index in [4.69, 9.17) is 4.42 Å². The van der Waals surface area contributed by atoms with Gasteiger partial charge in [0.25, 0.3) is 5.91 Å². The Morgan fingerprint density at radius 1 is 1.27 bits per heavy atom. The first-order chi connectivity index (χ1) is 10.6. The first-order valence-corrected chi connectivity index (χ1v) is 7.38. The molecule has 2 aromatic rings. The van der Waals surface area contributed by atoms with Crippen LogP contribution >= 0.6 is 0 Å². The van der Waals surface area contributed by atoms with Gasteiger partial charge in [0.1, 0.15) is 5.76 Å². The van der Waals surface area contributed by atoms with E-state index in [2.05, 4.69) is 10.6 Å². The van der Waals surface area contributed by atoms with Crippen molar-refractivity contribution in [2.24, 2.45) is 0 Å². The highest BCUT2D eigenvalue weighted by Crippen LogP contribution is 2.30. The summed E-state index contributed by atoms with van der Waals surface area (Å²) in [5.41, 5.74) is 2.22. The number of benzene rings is 1. The van der Waals surface area contributed by atoms with Crippen molar-refractivity contribution in [1.82, 2.24) is 5.32 Å². The lowest BCUT2D eigenvalue weighted by Crippen LogP contribution is -2.30. The van der Waals surface area contributed by atoms with Gasteiger partial charge in [-0.1, -0.05) is 6.07 Å². The number of anilines is 1. The van der Waals surface area contributed by atoms with Gasteiger partial charge in [-0.25, -0.2) is 0 Å². The average Bonchev–Trinajstić information content (AvgIpc) is 2.96. The Bertz CT molecular complexity index is 705. The largest absolute Gasteiger partial charge is 0.469 e. The zero-order chi connectivity index (χ0) is 15.5. The van der Waals surface area contributed by atoms with E-state index in [1.54, 1.807) is 30.5 Å². The molecule has 1 aromatic heterocycles. The van der Waals surface area contributed by atoms with Gasteiger partial charge in [-0.3, -0.25) is 9.59 Å². The Morgan fingerprint density at radius 3 is 2.95 bits per heavy atom. The number of hydrogen-bond acceptors (Lipinski definition) is 3. The van der Waals surface area contributed by atoms with Crippen LogP contribution in [0.25, 0.3) is 0 Å². The number of carbonyl (C=O) groups is 2. The minimum atomic E-state index is -0.159. The van der Waals surface area contributed by atoms with Crippen molar-refractivity contribution >= 4 is 17.5 Å². The number of nitrogens with one attached hydrogen (secondary N) is 2. The molecule has 1 unspecified atom stereocenters. The van der Waals surface area contributed by atoms with E-state index < -0.39 is 0 Å². The molecule has 0 saturated carbocycles. The van der Waals surface area contributed by atoms with Crippen LogP contribution in [-0.4, -0.2) is 11.8 Å². The van der Waals surface area contributed by atoms with E-state index in [0.29, 0.717) is 11.3 Å². The summed E-state index contributed by atoms with van der Waals surface area (Å²) in [7, 11) is 0. The van der Waals surface area contributed by atoms with Gasteiger partial charge in [0, 0.05) is 30.2 Å². The fraction of sp³-hybridized carbons (Fsp3) is 0.294. The van der Waals surface area contributed by atoms with Crippen LogP contribution in [0, 0.1) is 0 Å². The summed E-state index contributed by atoms with van der Waals surface area (Å²) in [4.78, 5) is 23.5. The molecule has 1 aliphatic rings. The van der Waals surface area contributed by atoms with E-state index >= 15 is 0 Å². The molecular formula is C17H18N2O3. The van der Waals surface area contributed by atoms with Crippen LogP contribution in [0.4, 0.5) is 5.69 Å². The molecule has 0 spiro atoms. The van der Waals surface area contributed by atoms with Gasteiger partial charge in [0.2, 0.25) is 5.91 Å². The number of amides is 2. The van der Waals surface area contributed by atoms with Gasteiger partial charge in [-0.15, -0.1) is 0 Å². The van der Waals surface area contributed by atoms with Gasteiger partial charge < -0.3 is 15.1 Å². The highest BCUT2D eigenvalue weighted by atomic mass is 16.3. The maximum atomic E-state index is 12.4. The molecule has 1 aliphatic carbocycles. The average molecular weight is 298 g/mol. The lowest BCUT2D eigenvalue weighted by molar-refractivity contribution is -0.114. The second kappa shape index (κ2) is 6.05. The molecule has 1 heterocycles. The van der Waals surface area contributed by atoms with Crippen molar-refractivity contribution < 1.29 is 14.0 Å². The van der Waals surface area contributed by atoms with E-state index in [1.807, 2.05) is 6.07 Å². The number of aryl methyl sites for hydroxylation is 1. The molecule has 1 aromatic carbocycles. The third-order valence-corrected chi connectivity index (χ3v) is 3.80. The van der Waals surface area contributed by atoms with E-state index in [1.165, 1.54) is 6.92 Å². The summed E-state index contributed by atoms with van der Waals surface area (Å²) in [5.74, 6) is 0.655. The fourth-order valence-electron chi connectivity index (χ4n) is 2.82. The highest BCUT2D eigenvalue weighted by molar-refractivity contribution is 5.97. The number of furan rings is 1. The summed E-state index contributed by atoms with van der Waals surface area (Å²) in [6.45, 7) is 1.44. The van der Waals surface area contributed by atoms with Gasteiger partial charge in [-0.2, -0.15) is 0 Å². The van der Waals surface area contributed by atoms with Crippen molar-refractivity contribution in [3.05, 3.63) is 53.5 Å². The quantitative estimate of drug-likeness (QED) is 0.915. The number of rotatable bonds is 3. The Hall–Kier alpha value is -2.56. The Morgan fingerprint density at radius 2 is 2.14 bits per heavy atom. The second-order valence-electron chi connectivity index (χ2n) is 5.48. The van der Waals surface area contributed by atoms with Crippen LogP contribution in [-0.2, 0) is 11.2 Å². The molecule has 0 radical (unpaired) electrons. The van der Waals surface area contributed by atoms with Crippen molar-refractivity contribution in [2.45, 2.75) is 32.2 Å². The van der Waals surface area contributed by atoms with Crippen molar-refractivity contribution in [3.63, 3.8) is 0 Å². The van der Waals surface area contributed by atoms with Crippen molar-refractivity contribution in [1.29, 1.82) is 0 Å². The van der Waals surface area contributed by atoms with Crippen LogP contribution in [0.15, 0.2) is 41.0 Å². The normalized spacial score (nSPS) is 16.7. The first-order valence-electron chi connectivity index (χ1n) is 7.38. The lowest BCUT2D eigenvalue weighted by Gasteiger charge is -2.22. The van der Waals surface area contributed by atoms with Gasteiger partial charge in [-0.05, 0) is 37.1 Å². The Labute approximate surface area is 128 Å². The van der Waals surface area contributed by atoms with Gasteiger partial charge in [0.05, 0.1) is 12.3 Å². The number of fused-ring (bicyclic) bond motifs is 1.